The average Bonchev–Trinajstić information content (AvgIpc) is 2.35. The Bertz CT molecular complexity index is 410. The van der Waals surface area contributed by atoms with Crippen molar-refractivity contribution in [1.82, 2.24) is 5.32 Å². The topological polar surface area (TPSA) is 119 Å². The maximum atomic E-state index is 11.8. The zero-order valence-electron chi connectivity index (χ0n) is 17.1. The molecule has 9 heteroatoms. The van der Waals surface area contributed by atoms with Gasteiger partial charge >= 0.3 is 35.7 Å². The first-order valence-corrected chi connectivity index (χ1v) is 10.3. The predicted molar refractivity (Wildman–Crippen MR) is 94.5 cm³/mol. The van der Waals surface area contributed by atoms with Gasteiger partial charge in [0.1, 0.15) is 5.60 Å². The second-order valence-electron chi connectivity index (χ2n) is 7.14. The molecule has 3 unspecified atom stereocenters. The maximum Gasteiger partial charge on any atom is 1.00 e. The van der Waals surface area contributed by atoms with Crippen molar-refractivity contribution in [2.24, 2.45) is 0 Å². The van der Waals surface area contributed by atoms with E-state index in [4.69, 9.17) is 9.84 Å². The fourth-order valence-corrected chi connectivity index (χ4v) is 3.77. The summed E-state index contributed by atoms with van der Waals surface area (Å²) in [5.41, 5.74) is -2.19. The normalized spacial score (nSPS) is 16.9. The number of rotatable bonds is 7. The van der Waals surface area contributed by atoms with Gasteiger partial charge < -0.3 is 29.7 Å². The summed E-state index contributed by atoms with van der Waals surface area (Å²) in [6, 6.07) is -0.739. The smallest absolute Gasteiger partial charge is 0.799 e. The molecular weight excluding hydrogens is 356 g/mol. The van der Waals surface area contributed by atoms with Crippen molar-refractivity contribution in [2.75, 3.05) is 18.9 Å². The van der Waals surface area contributed by atoms with Gasteiger partial charge in [0.2, 0.25) is 0 Å². The van der Waals surface area contributed by atoms with Crippen molar-refractivity contribution in [3.05, 3.63) is 0 Å². The molecule has 0 bridgehead atoms. The van der Waals surface area contributed by atoms with Crippen LogP contribution in [-0.4, -0.2) is 52.5 Å². The number of nitrogens with one attached hydrogen (secondary N) is 1. The third-order valence-corrected chi connectivity index (χ3v) is 5.27. The Kier molecular flexibility index (Phi) is 16.3. The van der Waals surface area contributed by atoms with Crippen LogP contribution in [0.1, 0.15) is 61.3 Å². The Labute approximate surface area is 174 Å². The fourth-order valence-electron chi connectivity index (χ4n) is 1.68. The minimum atomic E-state index is -3.64. The SMILES string of the molecule is CCCO.CCCP(=O)([O-])CC(C)(O)C(C)NC(=O)OC(C)(C)C.[Na+]. The summed E-state index contributed by atoms with van der Waals surface area (Å²) in [4.78, 5) is 23.4. The Morgan fingerprint density at radius 1 is 1.24 bits per heavy atom. The number of carbonyl (C=O) groups excluding carboxylic acids is 1. The molecule has 0 aromatic heterocycles. The van der Waals surface area contributed by atoms with Crippen molar-refractivity contribution >= 4 is 13.5 Å². The third-order valence-electron chi connectivity index (χ3n) is 3.02. The van der Waals surface area contributed by atoms with Gasteiger partial charge in [-0.25, -0.2) is 4.79 Å². The zero-order chi connectivity index (χ0) is 19.6. The molecule has 0 radical (unpaired) electrons. The summed E-state index contributed by atoms with van der Waals surface area (Å²) in [7, 11) is -3.64. The zero-order valence-corrected chi connectivity index (χ0v) is 20.0. The first-order valence-electron chi connectivity index (χ1n) is 8.32. The fraction of sp³-hybridized carbons (Fsp3) is 0.938. The van der Waals surface area contributed by atoms with Gasteiger partial charge in [-0.05, 0) is 47.2 Å². The van der Waals surface area contributed by atoms with Crippen molar-refractivity contribution in [2.45, 2.75) is 78.6 Å². The molecule has 0 saturated heterocycles. The standard InChI is InChI=1S/C13H28NO5P.C3H8O.Na/c1-7-8-20(17,18)9-13(6,16)10(2)14-11(15)19-12(3,4)5;1-2-3-4;/h10,16H,7-9H2,1-6H3,(H,14,15)(H,17,18);4H,2-3H2,1H3;/q;;+1/p-1. The van der Waals surface area contributed by atoms with Gasteiger partial charge in [0, 0.05) is 20.1 Å². The molecule has 0 aromatic carbocycles. The van der Waals surface area contributed by atoms with E-state index < -0.39 is 30.7 Å². The number of alkyl carbamates (subject to hydrolysis) is 1. The van der Waals surface area contributed by atoms with Crippen molar-refractivity contribution in [3.63, 3.8) is 0 Å². The third kappa shape index (κ3) is 17.5. The molecule has 1 amide bonds. The van der Waals surface area contributed by atoms with Crippen LogP contribution in [0.3, 0.4) is 0 Å². The second-order valence-corrected chi connectivity index (χ2v) is 9.54. The molecule has 0 heterocycles. The second kappa shape index (κ2) is 13.5. The number of hydrogen-bond acceptors (Lipinski definition) is 6. The van der Waals surface area contributed by atoms with Crippen molar-refractivity contribution in [1.29, 1.82) is 0 Å². The molecule has 0 aliphatic heterocycles. The molecule has 0 saturated carbocycles. The minimum Gasteiger partial charge on any atom is -0.799 e. The summed E-state index contributed by atoms with van der Waals surface area (Å²) in [5, 5.41) is 20.6. The van der Waals surface area contributed by atoms with E-state index >= 15 is 0 Å². The Morgan fingerprint density at radius 2 is 1.68 bits per heavy atom. The molecule has 3 atom stereocenters. The Hall–Kier alpha value is 0.380. The number of amides is 1. The predicted octanol–water partition coefficient (Wildman–Crippen LogP) is -0.908. The molecule has 0 fully saturated rings. The van der Waals surface area contributed by atoms with E-state index in [9.17, 15) is 19.4 Å². The quantitative estimate of drug-likeness (QED) is 0.382. The molecule has 0 rings (SSSR count). The van der Waals surface area contributed by atoms with Crippen LogP contribution in [0.5, 0.6) is 0 Å². The van der Waals surface area contributed by atoms with Gasteiger partial charge in [0.25, 0.3) is 0 Å². The minimum absolute atomic E-state index is 0. The van der Waals surface area contributed by atoms with Crippen LogP contribution in [0.2, 0.25) is 0 Å². The van der Waals surface area contributed by atoms with E-state index in [0.717, 1.165) is 6.42 Å². The largest absolute Gasteiger partial charge is 1.00 e. The number of hydrogen-bond donors (Lipinski definition) is 3. The summed E-state index contributed by atoms with van der Waals surface area (Å²) in [6.45, 7) is 12.1. The van der Waals surface area contributed by atoms with Crippen LogP contribution in [0.25, 0.3) is 0 Å². The van der Waals surface area contributed by atoms with Gasteiger partial charge in [-0.1, -0.05) is 20.3 Å². The molecule has 0 aromatic rings. The first kappa shape index (κ1) is 30.1. The van der Waals surface area contributed by atoms with E-state index in [0.29, 0.717) is 13.0 Å². The number of aliphatic hydroxyl groups excluding tert-OH is 1. The van der Waals surface area contributed by atoms with Crippen LogP contribution in [0.4, 0.5) is 4.79 Å². The molecule has 3 N–H and O–H groups in total. The Morgan fingerprint density at radius 3 is 2.00 bits per heavy atom. The van der Waals surface area contributed by atoms with E-state index in [1.165, 1.54) is 6.92 Å². The number of ether oxygens (including phenoxy) is 1. The number of aliphatic hydroxyl groups is 2. The van der Waals surface area contributed by atoms with E-state index in [1.54, 1.807) is 34.6 Å². The van der Waals surface area contributed by atoms with E-state index in [-0.39, 0.29) is 41.9 Å². The maximum absolute atomic E-state index is 11.8. The van der Waals surface area contributed by atoms with Gasteiger partial charge in [0.05, 0.1) is 11.6 Å². The van der Waals surface area contributed by atoms with Crippen LogP contribution in [0, 0.1) is 0 Å². The van der Waals surface area contributed by atoms with Gasteiger partial charge in [-0.15, -0.1) is 0 Å². The summed E-state index contributed by atoms with van der Waals surface area (Å²) < 4.78 is 16.9. The van der Waals surface area contributed by atoms with E-state index in [1.807, 2.05) is 6.92 Å². The molecule has 0 spiro atoms. The molecule has 7 nitrogen and oxygen atoms in total. The van der Waals surface area contributed by atoms with Gasteiger partial charge in [0.15, 0.2) is 0 Å². The van der Waals surface area contributed by atoms with Crippen LogP contribution >= 0.6 is 7.37 Å². The monoisotopic (exact) mass is 391 g/mol. The number of carbonyl (C=O) groups is 1. The van der Waals surface area contributed by atoms with Gasteiger partial charge in [-0.3, -0.25) is 0 Å². The average molecular weight is 391 g/mol. The molecule has 0 aliphatic carbocycles. The summed E-state index contributed by atoms with van der Waals surface area (Å²) in [6.07, 6.45) is 0.374. The molecule has 146 valence electrons. The molecule has 0 aliphatic rings. The summed E-state index contributed by atoms with van der Waals surface area (Å²) >= 11 is 0. The van der Waals surface area contributed by atoms with Crippen LogP contribution < -0.4 is 39.8 Å². The van der Waals surface area contributed by atoms with Crippen molar-refractivity contribution in [3.8, 4) is 0 Å². The van der Waals surface area contributed by atoms with Gasteiger partial charge in [-0.2, -0.15) is 0 Å². The molecular formula is C16H35NNaO6P. The van der Waals surface area contributed by atoms with Crippen LogP contribution in [0.15, 0.2) is 0 Å². The first-order chi connectivity index (χ1) is 10.7. The van der Waals surface area contributed by atoms with Crippen molar-refractivity contribution < 1.29 is 58.8 Å². The van der Waals surface area contributed by atoms with E-state index in [2.05, 4.69) is 5.32 Å². The summed E-state index contributed by atoms with van der Waals surface area (Å²) in [5.74, 6) is 0. The van der Waals surface area contributed by atoms with Crippen LogP contribution in [-0.2, 0) is 9.30 Å². The molecule has 25 heavy (non-hydrogen) atoms. The Balaban J connectivity index is -0.000000867.